The molecule has 3 N–H and O–H groups in total. The molecule has 3 aliphatic carbocycles. The molecule has 0 aliphatic heterocycles. The topological polar surface area (TPSA) is 61.4 Å². The van der Waals surface area contributed by atoms with Gasteiger partial charge in [-0.1, -0.05) is 24.3 Å². The number of carbonyl (C=O) groups excluding carboxylic acids is 1. The van der Waals surface area contributed by atoms with Gasteiger partial charge in [-0.3, -0.25) is 0 Å². The van der Waals surface area contributed by atoms with E-state index >= 15 is 0 Å². The van der Waals surface area contributed by atoms with Crippen molar-refractivity contribution in [2.24, 2.45) is 11.8 Å². The number of rotatable bonds is 5. The van der Waals surface area contributed by atoms with Crippen LogP contribution in [0.1, 0.15) is 36.8 Å². The highest BCUT2D eigenvalue weighted by molar-refractivity contribution is 5.74. The molecule has 22 heavy (non-hydrogen) atoms. The normalized spacial score (nSPS) is 30.0. The number of benzene rings is 1. The number of hydrogen-bond donors (Lipinski definition) is 3. The predicted molar refractivity (Wildman–Crippen MR) is 84.7 cm³/mol. The van der Waals surface area contributed by atoms with Crippen molar-refractivity contribution in [1.82, 2.24) is 10.6 Å². The minimum atomic E-state index is -0.375. The Morgan fingerprint density at radius 2 is 2.14 bits per heavy atom. The number of carbonyl (C=O) groups is 1. The van der Waals surface area contributed by atoms with Gasteiger partial charge in [0.1, 0.15) is 0 Å². The molecule has 1 spiro atoms. The zero-order valence-electron chi connectivity index (χ0n) is 12.8. The second kappa shape index (κ2) is 5.27. The summed E-state index contributed by atoms with van der Waals surface area (Å²) in [7, 11) is 0. The summed E-state index contributed by atoms with van der Waals surface area (Å²) in [5, 5.41) is 15.5. The molecule has 4 nitrogen and oxygen atoms in total. The third kappa shape index (κ3) is 2.50. The molecular weight excluding hydrogens is 276 g/mol. The zero-order chi connectivity index (χ0) is 15.2. The van der Waals surface area contributed by atoms with E-state index in [2.05, 4.69) is 34.9 Å². The lowest BCUT2D eigenvalue weighted by molar-refractivity contribution is 0.149. The van der Waals surface area contributed by atoms with Gasteiger partial charge in [0, 0.05) is 18.5 Å². The van der Waals surface area contributed by atoms with Gasteiger partial charge >= 0.3 is 6.03 Å². The van der Waals surface area contributed by atoms with Gasteiger partial charge in [-0.05, 0) is 55.1 Å². The number of fused-ring (bicyclic) bond motifs is 2. The van der Waals surface area contributed by atoms with Crippen molar-refractivity contribution in [2.45, 2.75) is 43.6 Å². The molecule has 4 rings (SSSR count). The maximum atomic E-state index is 11.8. The number of nitrogens with one attached hydrogen (secondary N) is 2. The van der Waals surface area contributed by atoms with Crippen LogP contribution < -0.4 is 10.6 Å². The van der Waals surface area contributed by atoms with E-state index in [1.54, 1.807) is 0 Å². The molecule has 4 heteroatoms. The molecule has 0 saturated heterocycles. The van der Waals surface area contributed by atoms with Crippen molar-refractivity contribution in [3.8, 4) is 0 Å². The summed E-state index contributed by atoms with van der Waals surface area (Å²) in [5.41, 5.74) is 3.32. The van der Waals surface area contributed by atoms with Crippen LogP contribution in [0, 0.1) is 11.8 Å². The van der Waals surface area contributed by atoms with Gasteiger partial charge in [0.05, 0.1) is 6.10 Å². The molecule has 3 unspecified atom stereocenters. The molecular formula is C18H24N2O2. The Morgan fingerprint density at radius 3 is 2.95 bits per heavy atom. The number of aliphatic hydroxyl groups is 1. The Morgan fingerprint density at radius 1 is 1.32 bits per heavy atom. The first-order valence-corrected chi connectivity index (χ1v) is 8.47. The second-order valence-electron chi connectivity index (χ2n) is 7.21. The van der Waals surface area contributed by atoms with E-state index in [1.165, 1.54) is 30.4 Å². The highest BCUT2D eigenvalue weighted by Crippen LogP contribution is 2.61. The number of amides is 2. The van der Waals surface area contributed by atoms with Gasteiger partial charge in [0.15, 0.2) is 0 Å². The van der Waals surface area contributed by atoms with Crippen molar-refractivity contribution in [3.63, 3.8) is 0 Å². The molecule has 2 fully saturated rings. The first kappa shape index (κ1) is 14.1. The summed E-state index contributed by atoms with van der Waals surface area (Å²) in [4.78, 5) is 11.8. The van der Waals surface area contributed by atoms with Crippen LogP contribution in [0.3, 0.4) is 0 Å². The summed E-state index contributed by atoms with van der Waals surface area (Å²) >= 11 is 0. The maximum absolute atomic E-state index is 11.8. The van der Waals surface area contributed by atoms with Crippen LogP contribution >= 0.6 is 0 Å². The second-order valence-corrected chi connectivity index (χ2v) is 7.21. The zero-order valence-corrected chi connectivity index (χ0v) is 12.8. The number of urea groups is 1. The van der Waals surface area contributed by atoms with Crippen molar-refractivity contribution in [3.05, 3.63) is 35.4 Å². The fourth-order valence-electron chi connectivity index (χ4n) is 4.12. The van der Waals surface area contributed by atoms with Gasteiger partial charge in [0.2, 0.25) is 0 Å². The van der Waals surface area contributed by atoms with Gasteiger partial charge < -0.3 is 15.7 Å². The minimum Gasteiger partial charge on any atom is -0.391 e. The van der Waals surface area contributed by atoms with Crippen LogP contribution in [0.2, 0.25) is 0 Å². The molecule has 0 bridgehead atoms. The monoisotopic (exact) mass is 300 g/mol. The Balaban J connectivity index is 1.25. The van der Waals surface area contributed by atoms with Gasteiger partial charge in [-0.2, -0.15) is 0 Å². The third-order valence-corrected chi connectivity index (χ3v) is 5.77. The standard InChI is InChI=1S/C18H24N2O2/c21-16(13-5-6-13)11-20-17(22)19-10-14-9-18(14)8-7-12-3-1-2-4-15(12)18/h1-4,13-14,16,21H,5-11H2,(H2,19,20,22). The number of aryl methyl sites for hydroxylation is 1. The molecule has 0 radical (unpaired) electrons. The quantitative estimate of drug-likeness (QED) is 0.778. The van der Waals surface area contributed by atoms with Gasteiger partial charge in [-0.25, -0.2) is 4.79 Å². The Bertz CT molecular complexity index is 584. The summed E-state index contributed by atoms with van der Waals surface area (Å²) in [6, 6.07) is 8.59. The molecule has 2 saturated carbocycles. The number of aliphatic hydroxyl groups excluding tert-OH is 1. The van der Waals surface area contributed by atoms with Crippen molar-refractivity contribution >= 4 is 6.03 Å². The van der Waals surface area contributed by atoms with E-state index in [1.807, 2.05) is 0 Å². The Hall–Kier alpha value is -1.55. The first-order valence-electron chi connectivity index (χ1n) is 8.47. The fraction of sp³-hybridized carbons (Fsp3) is 0.611. The van der Waals surface area contributed by atoms with Gasteiger partial charge in [0.25, 0.3) is 0 Å². The molecule has 2 amide bonds. The van der Waals surface area contributed by atoms with Crippen molar-refractivity contribution < 1.29 is 9.90 Å². The Labute approximate surface area is 131 Å². The molecule has 1 aromatic carbocycles. The Kier molecular flexibility index (Phi) is 3.37. The maximum Gasteiger partial charge on any atom is 0.314 e. The highest BCUT2D eigenvalue weighted by atomic mass is 16.3. The third-order valence-electron chi connectivity index (χ3n) is 5.77. The summed E-state index contributed by atoms with van der Waals surface area (Å²) in [5.74, 6) is 0.970. The van der Waals surface area contributed by atoms with Crippen LogP contribution in [0.25, 0.3) is 0 Å². The molecule has 3 aliphatic rings. The summed E-state index contributed by atoms with van der Waals surface area (Å²) < 4.78 is 0. The van der Waals surface area contributed by atoms with Gasteiger partial charge in [-0.15, -0.1) is 0 Å². The first-order chi connectivity index (χ1) is 10.7. The van der Waals surface area contributed by atoms with Crippen LogP contribution in [0.4, 0.5) is 4.79 Å². The number of hydrogen-bond acceptors (Lipinski definition) is 2. The van der Waals surface area contributed by atoms with E-state index in [4.69, 9.17) is 0 Å². The largest absolute Gasteiger partial charge is 0.391 e. The SMILES string of the molecule is O=C(NCC(O)C1CC1)NCC1CC12CCc1ccccc12. The van der Waals surface area contributed by atoms with Crippen molar-refractivity contribution in [1.29, 1.82) is 0 Å². The smallest absolute Gasteiger partial charge is 0.314 e. The molecule has 3 atom stereocenters. The lowest BCUT2D eigenvalue weighted by Crippen LogP contribution is -2.41. The van der Waals surface area contributed by atoms with E-state index in [-0.39, 0.29) is 12.1 Å². The van der Waals surface area contributed by atoms with Crippen LogP contribution in [-0.4, -0.2) is 30.3 Å². The van der Waals surface area contributed by atoms with E-state index < -0.39 is 0 Å². The van der Waals surface area contributed by atoms with Crippen LogP contribution in [-0.2, 0) is 11.8 Å². The summed E-state index contributed by atoms with van der Waals surface area (Å²) in [6.45, 7) is 1.11. The molecule has 118 valence electrons. The van der Waals surface area contributed by atoms with Crippen LogP contribution in [0.15, 0.2) is 24.3 Å². The molecule has 0 aromatic heterocycles. The van der Waals surface area contributed by atoms with Crippen LogP contribution in [0.5, 0.6) is 0 Å². The lowest BCUT2D eigenvalue weighted by Gasteiger charge is -2.14. The highest BCUT2D eigenvalue weighted by Gasteiger charge is 2.57. The summed E-state index contributed by atoms with van der Waals surface area (Å²) in [6.07, 6.45) is 5.39. The molecule has 0 heterocycles. The average molecular weight is 300 g/mol. The average Bonchev–Trinajstić information content (AvgIpc) is 3.42. The van der Waals surface area contributed by atoms with E-state index in [9.17, 15) is 9.90 Å². The van der Waals surface area contributed by atoms with Crippen molar-refractivity contribution in [2.75, 3.05) is 13.1 Å². The van der Waals surface area contributed by atoms with E-state index in [0.717, 1.165) is 19.4 Å². The minimum absolute atomic E-state index is 0.145. The molecule has 1 aromatic rings. The lowest BCUT2D eigenvalue weighted by atomic mass is 9.95. The van der Waals surface area contributed by atoms with E-state index in [0.29, 0.717) is 23.8 Å². The fourth-order valence-corrected chi connectivity index (χ4v) is 4.12. The predicted octanol–water partition coefficient (Wildman–Crippen LogP) is 1.96.